The number of nitro groups is 1. The molecule has 1 unspecified atom stereocenters. The Balaban J connectivity index is 1.66. The van der Waals surface area contributed by atoms with Gasteiger partial charge in [0.25, 0.3) is 23.1 Å². The summed E-state index contributed by atoms with van der Waals surface area (Å²) >= 11 is 0. The minimum absolute atomic E-state index is 0.0813. The summed E-state index contributed by atoms with van der Waals surface area (Å²) in [6.45, 7) is 1.61. The minimum Gasteiger partial charge on any atom is -0.335 e. The fourth-order valence-electron chi connectivity index (χ4n) is 3.56. The molecule has 0 aliphatic carbocycles. The highest BCUT2D eigenvalue weighted by atomic mass is 16.6. The predicted molar refractivity (Wildman–Crippen MR) is 133 cm³/mol. The molecule has 0 bridgehead atoms. The van der Waals surface area contributed by atoms with Crippen LogP contribution in [0.2, 0.25) is 0 Å². The van der Waals surface area contributed by atoms with Crippen LogP contribution in [0.3, 0.4) is 0 Å². The number of nitro benzene ring substituents is 1. The second kappa shape index (κ2) is 10.4. The number of aromatic amines is 1. The molecule has 4 aromatic rings. The SMILES string of the molecule is Cc1ccc(/C=N/NC(=O)C(NC(=O)c2ccccc2)c2n[nH]c(=O)c3ccccc23)cc1[N+](=O)[O-]. The van der Waals surface area contributed by atoms with Crippen LogP contribution in [-0.4, -0.2) is 33.1 Å². The monoisotopic (exact) mass is 484 g/mol. The van der Waals surface area contributed by atoms with Gasteiger partial charge in [0.15, 0.2) is 6.04 Å². The number of amides is 2. The van der Waals surface area contributed by atoms with E-state index in [0.29, 0.717) is 27.5 Å². The fourth-order valence-corrected chi connectivity index (χ4v) is 3.56. The molecule has 3 N–H and O–H groups in total. The van der Waals surface area contributed by atoms with Gasteiger partial charge in [0.2, 0.25) is 0 Å². The van der Waals surface area contributed by atoms with Crippen LogP contribution >= 0.6 is 0 Å². The summed E-state index contributed by atoms with van der Waals surface area (Å²) in [4.78, 5) is 48.9. The van der Waals surface area contributed by atoms with Crippen LogP contribution in [0, 0.1) is 17.0 Å². The number of hydrogen-bond donors (Lipinski definition) is 3. The van der Waals surface area contributed by atoms with Crippen LogP contribution in [0.1, 0.15) is 33.2 Å². The van der Waals surface area contributed by atoms with Gasteiger partial charge >= 0.3 is 0 Å². The molecule has 4 rings (SSSR count). The molecule has 36 heavy (non-hydrogen) atoms. The molecule has 0 spiro atoms. The maximum Gasteiger partial charge on any atom is 0.272 e. The molecule has 3 aromatic carbocycles. The summed E-state index contributed by atoms with van der Waals surface area (Å²) in [5.74, 6) is -1.27. The zero-order valence-corrected chi connectivity index (χ0v) is 19.0. The summed E-state index contributed by atoms with van der Waals surface area (Å²) in [6.07, 6.45) is 1.25. The van der Waals surface area contributed by atoms with Crippen molar-refractivity contribution in [3.8, 4) is 0 Å². The second-order valence-corrected chi connectivity index (χ2v) is 7.79. The number of nitrogens with one attached hydrogen (secondary N) is 3. The third kappa shape index (κ3) is 5.14. The van der Waals surface area contributed by atoms with E-state index in [0.717, 1.165) is 0 Å². The molecule has 0 aliphatic heterocycles. The van der Waals surface area contributed by atoms with Gasteiger partial charge < -0.3 is 5.32 Å². The van der Waals surface area contributed by atoms with Crippen molar-refractivity contribution >= 4 is 34.5 Å². The van der Waals surface area contributed by atoms with Crippen molar-refractivity contribution < 1.29 is 14.5 Å². The molecular weight excluding hydrogens is 464 g/mol. The van der Waals surface area contributed by atoms with Crippen molar-refractivity contribution in [2.45, 2.75) is 13.0 Å². The number of aromatic nitrogens is 2. The van der Waals surface area contributed by atoms with Crippen LogP contribution in [0.25, 0.3) is 10.8 Å². The number of benzene rings is 3. The zero-order valence-electron chi connectivity index (χ0n) is 19.0. The number of fused-ring (bicyclic) bond motifs is 1. The number of hydrogen-bond acceptors (Lipinski definition) is 7. The molecule has 0 saturated heterocycles. The van der Waals surface area contributed by atoms with E-state index >= 15 is 0 Å². The normalized spacial score (nSPS) is 11.8. The lowest BCUT2D eigenvalue weighted by Crippen LogP contribution is -2.40. The van der Waals surface area contributed by atoms with Crippen LogP contribution in [0.4, 0.5) is 5.69 Å². The van der Waals surface area contributed by atoms with Crippen molar-refractivity contribution in [2.24, 2.45) is 5.10 Å². The fraction of sp³-hybridized carbons (Fsp3) is 0.0800. The molecule has 180 valence electrons. The van der Waals surface area contributed by atoms with E-state index < -0.39 is 28.3 Å². The molecule has 11 heteroatoms. The third-order valence-electron chi connectivity index (χ3n) is 5.39. The van der Waals surface area contributed by atoms with Gasteiger partial charge in [-0.05, 0) is 25.1 Å². The third-order valence-corrected chi connectivity index (χ3v) is 5.39. The Morgan fingerprint density at radius 2 is 1.75 bits per heavy atom. The molecule has 1 aromatic heterocycles. The molecule has 1 heterocycles. The number of H-pyrrole nitrogens is 1. The van der Waals surface area contributed by atoms with E-state index in [1.807, 2.05) is 0 Å². The Morgan fingerprint density at radius 1 is 1.06 bits per heavy atom. The van der Waals surface area contributed by atoms with Crippen molar-refractivity contribution in [3.63, 3.8) is 0 Å². The molecule has 0 radical (unpaired) electrons. The summed E-state index contributed by atoms with van der Waals surface area (Å²) in [5, 5.41) is 24.8. The molecule has 1 atom stereocenters. The average Bonchev–Trinajstić information content (AvgIpc) is 2.89. The van der Waals surface area contributed by atoms with Gasteiger partial charge in [0, 0.05) is 28.1 Å². The lowest BCUT2D eigenvalue weighted by atomic mass is 10.0. The lowest BCUT2D eigenvalue weighted by molar-refractivity contribution is -0.385. The van der Waals surface area contributed by atoms with Gasteiger partial charge in [-0.3, -0.25) is 24.5 Å². The Hall–Kier alpha value is -5.19. The number of carbonyl (C=O) groups excluding carboxylic acids is 2. The smallest absolute Gasteiger partial charge is 0.272 e. The van der Waals surface area contributed by atoms with Crippen LogP contribution < -0.4 is 16.3 Å². The first-order chi connectivity index (χ1) is 17.3. The standard InChI is InChI=1S/C25H20N6O5/c1-15-11-12-16(13-20(15)31(35)36)14-26-29-25(34)22(27-23(32)17-7-3-2-4-8-17)21-18-9-5-6-10-19(18)24(33)30-28-21/h2-14,22H,1H3,(H,27,32)(H,29,34)(H,30,33)/b26-14+. The Morgan fingerprint density at radius 3 is 2.47 bits per heavy atom. The summed E-state index contributed by atoms with van der Waals surface area (Å²) in [5.41, 5.74) is 3.14. The first kappa shape index (κ1) is 24.0. The molecule has 2 amide bonds. The Labute approximate surface area is 204 Å². The highest BCUT2D eigenvalue weighted by Crippen LogP contribution is 2.21. The topological polar surface area (TPSA) is 159 Å². The second-order valence-electron chi connectivity index (χ2n) is 7.79. The highest BCUT2D eigenvalue weighted by molar-refractivity contribution is 5.99. The quantitative estimate of drug-likeness (QED) is 0.208. The van der Waals surface area contributed by atoms with E-state index in [1.165, 1.54) is 12.3 Å². The van der Waals surface area contributed by atoms with Gasteiger partial charge in [-0.1, -0.05) is 48.5 Å². The Bertz CT molecular complexity index is 1550. The number of nitrogens with zero attached hydrogens (tertiary/aromatic N) is 3. The van der Waals surface area contributed by atoms with Crippen molar-refractivity contribution in [1.29, 1.82) is 0 Å². The lowest BCUT2D eigenvalue weighted by Gasteiger charge is -2.18. The first-order valence-electron chi connectivity index (χ1n) is 10.8. The largest absolute Gasteiger partial charge is 0.335 e. The van der Waals surface area contributed by atoms with Crippen LogP contribution in [-0.2, 0) is 4.79 Å². The van der Waals surface area contributed by atoms with Crippen molar-refractivity contribution in [1.82, 2.24) is 20.9 Å². The number of aryl methyl sites for hydroxylation is 1. The van der Waals surface area contributed by atoms with Crippen LogP contribution in [0.15, 0.2) is 82.7 Å². The summed E-state index contributed by atoms with van der Waals surface area (Å²) < 4.78 is 0. The predicted octanol–water partition coefficient (Wildman–Crippen LogP) is 2.76. The zero-order chi connectivity index (χ0) is 25.7. The molecular formula is C25H20N6O5. The number of rotatable bonds is 7. The molecule has 0 aliphatic rings. The maximum absolute atomic E-state index is 13.2. The average molecular weight is 484 g/mol. The minimum atomic E-state index is -1.32. The number of hydrazone groups is 1. The van der Waals surface area contributed by atoms with Gasteiger partial charge in [0.05, 0.1) is 16.5 Å². The van der Waals surface area contributed by atoms with Gasteiger partial charge in [-0.25, -0.2) is 10.5 Å². The van der Waals surface area contributed by atoms with Crippen molar-refractivity contribution in [2.75, 3.05) is 0 Å². The summed E-state index contributed by atoms with van der Waals surface area (Å²) in [7, 11) is 0. The molecule has 0 fully saturated rings. The maximum atomic E-state index is 13.2. The summed E-state index contributed by atoms with van der Waals surface area (Å²) in [6, 6.07) is 18.0. The van der Waals surface area contributed by atoms with Gasteiger partial charge in [0.1, 0.15) is 5.69 Å². The van der Waals surface area contributed by atoms with Gasteiger partial charge in [-0.15, -0.1) is 0 Å². The van der Waals surface area contributed by atoms with E-state index in [4.69, 9.17) is 0 Å². The van der Waals surface area contributed by atoms with E-state index in [2.05, 4.69) is 26.0 Å². The van der Waals surface area contributed by atoms with Crippen LogP contribution in [0.5, 0.6) is 0 Å². The first-order valence-corrected chi connectivity index (χ1v) is 10.8. The van der Waals surface area contributed by atoms with E-state index in [-0.39, 0.29) is 11.4 Å². The number of carbonyl (C=O) groups is 2. The molecule has 0 saturated carbocycles. The van der Waals surface area contributed by atoms with E-state index in [1.54, 1.807) is 73.7 Å². The highest BCUT2D eigenvalue weighted by Gasteiger charge is 2.27. The van der Waals surface area contributed by atoms with Crippen molar-refractivity contribution in [3.05, 3.63) is 116 Å². The molecule has 11 nitrogen and oxygen atoms in total. The van der Waals surface area contributed by atoms with E-state index in [9.17, 15) is 24.5 Å². The van der Waals surface area contributed by atoms with Gasteiger partial charge in [-0.2, -0.15) is 10.2 Å². The Kier molecular flexibility index (Phi) is 6.91.